The molecule has 1 aromatic heterocycles. The zero-order valence-electron chi connectivity index (χ0n) is 17.4. The molecule has 1 aliphatic rings. The van der Waals surface area contributed by atoms with E-state index < -0.39 is 0 Å². The van der Waals surface area contributed by atoms with E-state index >= 15 is 0 Å². The van der Waals surface area contributed by atoms with Crippen molar-refractivity contribution in [2.24, 2.45) is 0 Å². The topological polar surface area (TPSA) is 80.3 Å². The second kappa shape index (κ2) is 9.75. The Labute approximate surface area is 185 Å². The second-order valence-corrected chi connectivity index (χ2v) is 8.57. The van der Waals surface area contributed by atoms with Crippen LogP contribution in [0.25, 0.3) is 0 Å². The predicted octanol–water partition coefficient (Wildman–Crippen LogP) is 4.18. The average Bonchev–Trinajstić information content (AvgIpc) is 3.22. The van der Waals surface area contributed by atoms with Crippen LogP contribution in [0, 0.1) is 0 Å². The van der Waals surface area contributed by atoms with Gasteiger partial charge in [-0.3, -0.25) is 14.9 Å². The van der Waals surface area contributed by atoms with E-state index in [4.69, 9.17) is 4.74 Å². The van der Waals surface area contributed by atoms with Crippen LogP contribution in [0.2, 0.25) is 0 Å². The minimum atomic E-state index is -0.271. The van der Waals surface area contributed by atoms with Crippen LogP contribution in [0.15, 0.2) is 54.6 Å². The van der Waals surface area contributed by atoms with Gasteiger partial charge in [0.05, 0.1) is 18.7 Å². The van der Waals surface area contributed by atoms with E-state index in [1.54, 1.807) is 19.2 Å². The first kappa shape index (κ1) is 21.1. The van der Waals surface area contributed by atoms with Crippen molar-refractivity contribution in [1.82, 2.24) is 10.3 Å². The molecule has 0 unspecified atom stereocenters. The lowest BCUT2D eigenvalue weighted by atomic mass is 9.90. The molecule has 3 aromatic rings. The number of hydrogen-bond acceptors (Lipinski definition) is 5. The van der Waals surface area contributed by atoms with Gasteiger partial charge in [0.2, 0.25) is 5.91 Å². The summed E-state index contributed by atoms with van der Waals surface area (Å²) in [6.45, 7) is 0.555. The molecule has 160 valence electrons. The fourth-order valence-electron chi connectivity index (χ4n) is 3.77. The van der Waals surface area contributed by atoms with Gasteiger partial charge in [0.25, 0.3) is 5.91 Å². The molecule has 0 radical (unpaired) electrons. The number of hydrogen-bond donors (Lipinski definition) is 2. The minimum Gasteiger partial charge on any atom is -0.497 e. The number of nitrogens with zero attached hydrogens (tertiary/aromatic N) is 1. The third-order valence-corrected chi connectivity index (χ3v) is 6.42. The largest absolute Gasteiger partial charge is 0.497 e. The van der Waals surface area contributed by atoms with Crippen LogP contribution in [0.1, 0.15) is 45.3 Å². The number of aromatic nitrogens is 1. The molecule has 7 heteroatoms. The highest BCUT2D eigenvalue weighted by Gasteiger charge is 2.30. The Bertz CT molecular complexity index is 1060. The van der Waals surface area contributed by atoms with E-state index in [9.17, 15) is 9.59 Å². The Morgan fingerprint density at radius 3 is 2.81 bits per heavy atom. The maximum absolute atomic E-state index is 12.9. The van der Waals surface area contributed by atoms with Gasteiger partial charge < -0.3 is 10.1 Å². The number of amides is 2. The highest BCUT2D eigenvalue weighted by atomic mass is 32.1. The van der Waals surface area contributed by atoms with Crippen molar-refractivity contribution in [1.29, 1.82) is 0 Å². The van der Waals surface area contributed by atoms with Crippen LogP contribution in [-0.4, -0.2) is 30.5 Å². The molecule has 31 heavy (non-hydrogen) atoms. The molecule has 0 fully saturated rings. The monoisotopic (exact) mass is 435 g/mol. The summed E-state index contributed by atoms with van der Waals surface area (Å²) in [6, 6.07) is 16.9. The van der Waals surface area contributed by atoms with Gasteiger partial charge in [-0.25, -0.2) is 4.98 Å². The van der Waals surface area contributed by atoms with Gasteiger partial charge in [-0.2, -0.15) is 0 Å². The fraction of sp³-hybridized carbons (Fsp3) is 0.292. The Hall–Kier alpha value is -3.19. The minimum absolute atomic E-state index is 0.00455. The van der Waals surface area contributed by atoms with Crippen molar-refractivity contribution in [3.63, 3.8) is 0 Å². The maximum Gasteiger partial charge on any atom is 0.257 e. The molecule has 2 N–H and O–H groups in total. The van der Waals surface area contributed by atoms with E-state index in [1.807, 2.05) is 42.5 Å². The van der Waals surface area contributed by atoms with Crippen LogP contribution in [0.5, 0.6) is 5.75 Å². The third kappa shape index (κ3) is 5.11. The third-order valence-electron chi connectivity index (χ3n) is 5.37. The molecule has 0 spiro atoms. The molecule has 0 saturated carbocycles. The Morgan fingerprint density at radius 1 is 1.16 bits per heavy atom. The van der Waals surface area contributed by atoms with Gasteiger partial charge in [-0.15, -0.1) is 11.3 Å². The first-order chi connectivity index (χ1) is 15.1. The fourth-order valence-corrected chi connectivity index (χ4v) is 4.83. The van der Waals surface area contributed by atoms with Crippen molar-refractivity contribution in [2.75, 3.05) is 19.0 Å². The molecule has 0 bridgehead atoms. The van der Waals surface area contributed by atoms with Gasteiger partial charge in [0.15, 0.2) is 5.13 Å². The van der Waals surface area contributed by atoms with Crippen LogP contribution in [0.3, 0.4) is 0 Å². The lowest BCUT2D eigenvalue weighted by molar-refractivity contribution is -0.122. The summed E-state index contributed by atoms with van der Waals surface area (Å²) in [6.07, 6.45) is 3.34. The number of aryl methyl sites for hydroxylation is 1. The number of fused-ring (bicyclic) bond motifs is 1. The number of benzene rings is 2. The first-order valence-electron chi connectivity index (χ1n) is 10.4. The molecule has 4 rings (SSSR count). The van der Waals surface area contributed by atoms with Gasteiger partial charge in [-0.1, -0.05) is 30.3 Å². The van der Waals surface area contributed by atoms with Crippen LogP contribution in [0.4, 0.5) is 5.13 Å². The Kier molecular flexibility index (Phi) is 6.62. The maximum atomic E-state index is 12.9. The smallest absolute Gasteiger partial charge is 0.257 e. The molecule has 2 aromatic carbocycles. The van der Waals surface area contributed by atoms with E-state index in [2.05, 4.69) is 15.6 Å². The van der Waals surface area contributed by atoms with Gasteiger partial charge >= 0.3 is 0 Å². The van der Waals surface area contributed by atoms with Crippen molar-refractivity contribution in [3.05, 3.63) is 76.3 Å². The number of thiazole rings is 1. The zero-order valence-corrected chi connectivity index (χ0v) is 18.2. The van der Waals surface area contributed by atoms with Gasteiger partial charge in [0, 0.05) is 17.0 Å². The molecule has 1 aliphatic carbocycles. The summed E-state index contributed by atoms with van der Waals surface area (Å²) in [5.74, 6) is 0.349. The lowest BCUT2D eigenvalue weighted by Crippen LogP contribution is -2.32. The normalized spacial score (nSPS) is 15.1. The summed E-state index contributed by atoms with van der Waals surface area (Å²) in [4.78, 5) is 31.0. The van der Waals surface area contributed by atoms with Gasteiger partial charge in [-0.05, 0) is 55.5 Å². The van der Waals surface area contributed by atoms with E-state index in [1.165, 1.54) is 11.3 Å². The van der Waals surface area contributed by atoms with Crippen molar-refractivity contribution >= 4 is 28.3 Å². The van der Waals surface area contributed by atoms with Gasteiger partial charge in [0.1, 0.15) is 5.75 Å². The number of rotatable bonds is 7. The number of nitrogens with one attached hydrogen (secondary N) is 2. The summed E-state index contributed by atoms with van der Waals surface area (Å²) < 4.78 is 5.25. The van der Waals surface area contributed by atoms with Crippen LogP contribution >= 0.6 is 11.3 Å². The number of carbonyl (C=O) groups is 2. The first-order valence-corrected chi connectivity index (χ1v) is 11.2. The summed E-state index contributed by atoms with van der Waals surface area (Å²) in [5, 5.41) is 6.48. The predicted molar refractivity (Wildman–Crippen MR) is 122 cm³/mol. The molecule has 0 aliphatic heterocycles. The summed E-state index contributed by atoms with van der Waals surface area (Å²) in [7, 11) is 1.64. The molecule has 0 saturated heterocycles. The van der Waals surface area contributed by atoms with E-state index in [-0.39, 0.29) is 17.7 Å². The van der Waals surface area contributed by atoms with E-state index in [0.717, 1.165) is 47.6 Å². The zero-order chi connectivity index (χ0) is 21.6. The van der Waals surface area contributed by atoms with Crippen LogP contribution < -0.4 is 15.4 Å². The summed E-state index contributed by atoms with van der Waals surface area (Å²) >= 11 is 1.47. The second-order valence-electron chi connectivity index (χ2n) is 7.48. The van der Waals surface area contributed by atoms with Crippen molar-refractivity contribution in [3.8, 4) is 5.75 Å². The number of anilines is 1. The highest BCUT2D eigenvalue weighted by molar-refractivity contribution is 7.16. The summed E-state index contributed by atoms with van der Waals surface area (Å²) in [5.41, 5.74) is 2.50. The number of ether oxygens (including phenoxy) is 1. The Morgan fingerprint density at radius 2 is 2.00 bits per heavy atom. The SMILES string of the molecule is COc1cccc(CCNC(=O)[C@H]2CCCc3sc(NC(=O)c4ccccc4)nc32)c1. The molecule has 1 heterocycles. The average molecular weight is 436 g/mol. The molecule has 6 nitrogen and oxygen atoms in total. The quantitative estimate of drug-likeness (QED) is 0.583. The van der Waals surface area contributed by atoms with E-state index in [0.29, 0.717) is 17.2 Å². The number of carbonyl (C=O) groups excluding carboxylic acids is 2. The molecular weight excluding hydrogens is 410 g/mol. The highest BCUT2D eigenvalue weighted by Crippen LogP contribution is 2.37. The number of methoxy groups -OCH3 is 1. The molecule has 2 amide bonds. The van der Waals surface area contributed by atoms with Crippen LogP contribution in [-0.2, 0) is 17.6 Å². The lowest BCUT2D eigenvalue weighted by Gasteiger charge is -2.20. The van der Waals surface area contributed by atoms with Crippen molar-refractivity contribution < 1.29 is 14.3 Å². The molecule has 1 atom stereocenters. The standard InChI is InChI=1S/C24H25N3O3S/c1-30-18-10-5-7-16(15-18)13-14-25-23(29)19-11-6-12-20-21(19)26-24(31-20)27-22(28)17-8-3-2-4-9-17/h2-5,7-10,15,19H,6,11-14H2,1H3,(H,25,29)(H,26,27,28)/t19-/m0/s1. The van der Waals surface area contributed by atoms with Crippen molar-refractivity contribution in [2.45, 2.75) is 31.6 Å². The Balaban J connectivity index is 1.38. The molecular formula is C24H25N3O3S.